The molecule has 1 amide bonds. The van der Waals surface area contributed by atoms with Crippen molar-refractivity contribution in [1.82, 2.24) is 25.1 Å². The van der Waals surface area contributed by atoms with Crippen molar-refractivity contribution >= 4 is 17.2 Å². The molecule has 0 radical (unpaired) electrons. The van der Waals surface area contributed by atoms with Crippen LogP contribution in [0.1, 0.15) is 10.4 Å². The molecule has 0 aliphatic carbocycles. The Kier molecular flexibility index (Phi) is 5.02. The van der Waals surface area contributed by atoms with E-state index in [9.17, 15) is 4.79 Å². The number of hydrogen-bond donors (Lipinski definition) is 1. The normalized spacial score (nSPS) is 10.7. The number of aromatic nitrogens is 4. The fourth-order valence-corrected chi connectivity index (χ4v) is 3.60. The molecule has 0 saturated heterocycles. The monoisotopic (exact) mass is 375 g/mol. The van der Waals surface area contributed by atoms with E-state index in [0.29, 0.717) is 18.7 Å². The average Bonchev–Trinajstić information content (AvgIpc) is 3.39. The van der Waals surface area contributed by atoms with Crippen molar-refractivity contribution in [3.05, 3.63) is 78.2 Å². The highest BCUT2D eigenvalue weighted by Gasteiger charge is 2.16. The van der Waals surface area contributed by atoms with Crippen molar-refractivity contribution in [1.29, 1.82) is 0 Å². The number of carbonyl (C=O) groups excluding carboxylic acids is 1. The van der Waals surface area contributed by atoms with Gasteiger partial charge in [0.15, 0.2) is 0 Å². The molecule has 0 aromatic carbocycles. The van der Waals surface area contributed by atoms with Crippen LogP contribution in [0, 0.1) is 0 Å². The van der Waals surface area contributed by atoms with Crippen LogP contribution in [0.5, 0.6) is 0 Å². The molecule has 0 aliphatic rings. The van der Waals surface area contributed by atoms with Crippen molar-refractivity contribution in [3.63, 3.8) is 0 Å². The van der Waals surface area contributed by atoms with Gasteiger partial charge < -0.3 is 5.32 Å². The second kappa shape index (κ2) is 7.92. The van der Waals surface area contributed by atoms with Gasteiger partial charge in [0.05, 0.1) is 34.6 Å². The molecule has 27 heavy (non-hydrogen) atoms. The summed E-state index contributed by atoms with van der Waals surface area (Å²) in [4.78, 5) is 21.7. The van der Waals surface area contributed by atoms with Crippen LogP contribution >= 0.6 is 11.3 Å². The molecule has 0 bridgehead atoms. The summed E-state index contributed by atoms with van der Waals surface area (Å²) >= 11 is 1.66. The summed E-state index contributed by atoms with van der Waals surface area (Å²) in [6, 6.07) is 13.4. The molecule has 0 spiro atoms. The van der Waals surface area contributed by atoms with E-state index < -0.39 is 0 Å². The van der Waals surface area contributed by atoms with Crippen LogP contribution in [-0.2, 0) is 6.54 Å². The zero-order valence-corrected chi connectivity index (χ0v) is 15.3. The lowest BCUT2D eigenvalue weighted by Crippen LogP contribution is -2.27. The number of hydrogen-bond acceptors (Lipinski definition) is 5. The Morgan fingerprint density at radius 2 is 2.04 bits per heavy atom. The zero-order valence-electron chi connectivity index (χ0n) is 14.4. The van der Waals surface area contributed by atoms with Crippen molar-refractivity contribution in [2.75, 3.05) is 6.54 Å². The highest BCUT2D eigenvalue weighted by molar-refractivity contribution is 7.13. The molecule has 0 saturated carbocycles. The van der Waals surface area contributed by atoms with E-state index in [1.807, 2.05) is 40.5 Å². The van der Waals surface area contributed by atoms with Gasteiger partial charge in [0, 0.05) is 30.7 Å². The summed E-state index contributed by atoms with van der Waals surface area (Å²) < 4.78 is 1.92. The van der Waals surface area contributed by atoms with Gasteiger partial charge in [0.25, 0.3) is 5.91 Å². The third kappa shape index (κ3) is 3.78. The molecule has 0 atom stereocenters. The van der Waals surface area contributed by atoms with E-state index in [2.05, 4.69) is 26.4 Å². The van der Waals surface area contributed by atoms with Crippen LogP contribution in [0.4, 0.5) is 0 Å². The van der Waals surface area contributed by atoms with Gasteiger partial charge >= 0.3 is 0 Å². The molecular weight excluding hydrogens is 358 g/mol. The lowest BCUT2D eigenvalue weighted by Gasteiger charge is -2.09. The molecule has 4 aromatic heterocycles. The molecule has 4 rings (SSSR count). The van der Waals surface area contributed by atoms with Gasteiger partial charge in [0.1, 0.15) is 0 Å². The smallest absolute Gasteiger partial charge is 0.252 e. The molecule has 4 aromatic rings. The first-order chi connectivity index (χ1) is 13.3. The largest absolute Gasteiger partial charge is 0.350 e. The Bertz CT molecular complexity index is 1010. The van der Waals surface area contributed by atoms with Crippen LogP contribution < -0.4 is 5.32 Å². The second-order valence-electron chi connectivity index (χ2n) is 5.82. The lowest BCUT2D eigenvalue weighted by atomic mass is 10.1. The van der Waals surface area contributed by atoms with E-state index in [-0.39, 0.29) is 5.91 Å². The van der Waals surface area contributed by atoms with Crippen molar-refractivity contribution in [3.8, 4) is 21.8 Å². The summed E-state index contributed by atoms with van der Waals surface area (Å²) in [7, 11) is 0. The maximum absolute atomic E-state index is 12.2. The van der Waals surface area contributed by atoms with Crippen LogP contribution in [0.2, 0.25) is 0 Å². The Labute approximate surface area is 160 Å². The number of thiophene rings is 1. The number of nitrogens with one attached hydrogen (secondary N) is 1. The van der Waals surface area contributed by atoms with Gasteiger partial charge in [-0.3, -0.25) is 19.4 Å². The average molecular weight is 375 g/mol. The molecule has 1 N–H and O–H groups in total. The predicted octanol–water partition coefficient (Wildman–Crippen LogP) is 3.50. The minimum Gasteiger partial charge on any atom is -0.350 e. The van der Waals surface area contributed by atoms with Crippen molar-refractivity contribution < 1.29 is 4.79 Å². The van der Waals surface area contributed by atoms with Crippen LogP contribution in [0.3, 0.4) is 0 Å². The zero-order chi connectivity index (χ0) is 18.5. The first-order valence-corrected chi connectivity index (χ1v) is 9.40. The molecule has 0 unspecified atom stereocenters. The highest BCUT2D eigenvalue weighted by atomic mass is 32.1. The second-order valence-corrected chi connectivity index (χ2v) is 6.77. The Hall–Kier alpha value is -3.32. The predicted molar refractivity (Wildman–Crippen MR) is 105 cm³/mol. The number of carbonyl (C=O) groups is 1. The van der Waals surface area contributed by atoms with E-state index in [4.69, 9.17) is 0 Å². The Morgan fingerprint density at radius 3 is 2.78 bits per heavy atom. The number of amides is 1. The summed E-state index contributed by atoms with van der Waals surface area (Å²) in [5, 5.41) is 9.50. The van der Waals surface area contributed by atoms with E-state index in [0.717, 1.165) is 21.8 Å². The van der Waals surface area contributed by atoms with Crippen LogP contribution in [0.15, 0.2) is 72.6 Å². The maximum Gasteiger partial charge on any atom is 0.252 e. The molecule has 0 fully saturated rings. The number of nitrogens with zero attached hydrogens (tertiary/aromatic N) is 4. The summed E-state index contributed by atoms with van der Waals surface area (Å²) in [6.07, 6.45) is 6.81. The Morgan fingerprint density at radius 1 is 1.07 bits per heavy atom. The van der Waals surface area contributed by atoms with Gasteiger partial charge in [-0.25, -0.2) is 0 Å². The minimum atomic E-state index is -0.141. The third-order valence-corrected chi connectivity index (χ3v) is 4.94. The minimum absolute atomic E-state index is 0.141. The maximum atomic E-state index is 12.2. The summed E-state index contributed by atoms with van der Waals surface area (Å²) in [5.41, 5.74) is 3.42. The summed E-state index contributed by atoms with van der Waals surface area (Å²) in [6.45, 7) is 1.03. The Balaban J connectivity index is 1.55. The van der Waals surface area contributed by atoms with Gasteiger partial charge in [-0.1, -0.05) is 12.1 Å². The first kappa shape index (κ1) is 17.1. The fourth-order valence-electron chi connectivity index (χ4n) is 2.81. The molecule has 134 valence electrons. The molecular formula is C20H17N5OS. The van der Waals surface area contributed by atoms with Crippen LogP contribution in [-0.4, -0.2) is 32.2 Å². The van der Waals surface area contributed by atoms with Gasteiger partial charge in [-0.2, -0.15) is 5.10 Å². The van der Waals surface area contributed by atoms with E-state index in [1.54, 1.807) is 42.1 Å². The van der Waals surface area contributed by atoms with Gasteiger partial charge in [-0.05, 0) is 35.7 Å². The number of rotatable bonds is 6. The van der Waals surface area contributed by atoms with Crippen molar-refractivity contribution in [2.45, 2.75) is 6.54 Å². The summed E-state index contributed by atoms with van der Waals surface area (Å²) in [5.74, 6) is -0.141. The topological polar surface area (TPSA) is 72.7 Å². The lowest BCUT2D eigenvalue weighted by molar-refractivity contribution is 0.0951. The molecule has 7 heteroatoms. The van der Waals surface area contributed by atoms with Crippen LogP contribution in [0.25, 0.3) is 21.8 Å². The standard InChI is InChI=1S/C20H17N5OS/c26-20(15-5-3-8-21-13-15)23-10-11-25-19(18-7-4-12-27-18)16(14-24-25)17-6-1-2-9-22-17/h1-9,12-14H,10-11H2,(H,23,26). The SMILES string of the molecule is O=C(NCCn1ncc(-c2ccccn2)c1-c1cccs1)c1cccnc1. The molecule has 6 nitrogen and oxygen atoms in total. The number of pyridine rings is 2. The highest BCUT2D eigenvalue weighted by Crippen LogP contribution is 2.33. The fraction of sp³-hybridized carbons (Fsp3) is 0.100. The third-order valence-electron chi connectivity index (χ3n) is 4.07. The quantitative estimate of drug-likeness (QED) is 0.560. The first-order valence-electron chi connectivity index (χ1n) is 8.52. The van der Waals surface area contributed by atoms with Crippen molar-refractivity contribution in [2.24, 2.45) is 0 Å². The van der Waals surface area contributed by atoms with E-state index >= 15 is 0 Å². The van der Waals surface area contributed by atoms with Gasteiger partial charge in [-0.15, -0.1) is 11.3 Å². The molecule has 4 heterocycles. The molecule has 0 aliphatic heterocycles. The van der Waals surface area contributed by atoms with Gasteiger partial charge in [0.2, 0.25) is 0 Å². The van der Waals surface area contributed by atoms with E-state index in [1.165, 1.54) is 0 Å².